The highest BCUT2D eigenvalue weighted by molar-refractivity contribution is 7.33. The number of benzene rings is 7. The first-order valence-corrected chi connectivity index (χ1v) is 22.5. The standard InChI is InChI=1S/C56H54BN3S/c1-54(2,3)37-25-29-43(30-26-37)60-49-36-44(58(40-19-13-10-14-20-40)41-21-15-11-16-22-41)35-48-51(49)57(53-52(60)45-33-38(55(4,5)6)28-32-50(45)61-53)46-34-39(56(7,8)9)27-31-47(46)59(48)42-23-17-12-18-24-42/h10-36H,1-9H3. The molecule has 0 amide bonds. The molecule has 2 aliphatic heterocycles. The molecule has 0 fully saturated rings. The average molecular weight is 812 g/mol. The quantitative estimate of drug-likeness (QED) is 0.160. The molecule has 0 N–H and O–H groups in total. The molecule has 7 aromatic carbocycles. The van der Waals surface area contributed by atoms with Gasteiger partial charge >= 0.3 is 0 Å². The third-order valence-corrected chi connectivity index (χ3v) is 13.9. The van der Waals surface area contributed by atoms with Crippen LogP contribution in [0.5, 0.6) is 0 Å². The maximum absolute atomic E-state index is 2.61. The van der Waals surface area contributed by atoms with Gasteiger partial charge in [0.2, 0.25) is 0 Å². The van der Waals surface area contributed by atoms with Gasteiger partial charge in [0.05, 0.1) is 11.4 Å². The lowest BCUT2D eigenvalue weighted by atomic mass is 9.36. The molecule has 0 unspecified atom stereocenters. The second-order valence-electron chi connectivity index (χ2n) is 19.9. The van der Waals surface area contributed by atoms with Crippen molar-refractivity contribution < 1.29 is 0 Å². The molecule has 0 aliphatic carbocycles. The molecule has 61 heavy (non-hydrogen) atoms. The Labute approximate surface area is 367 Å². The van der Waals surface area contributed by atoms with Crippen LogP contribution in [0.25, 0.3) is 10.1 Å². The minimum atomic E-state index is -0.0223. The van der Waals surface area contributed by atoms with Crippen molar-refractivity contribution in [2.45, 2.75) is 78.6 Å². The van der Waals surface area contributed by atoms with Crippen molar-refractivity contribution in [3.05, 3.63) is 180 Å². The first kappa shape index (κ1) is 39.1. The first-order chi connectivity index (χ1) is 29.2. The summed E-state index contributed by atoms with van der Waals surface area (Å²) in [5.41, 5.74) is 17.3. The van der Waals surface area contributed by atoms with E-state index < -0.39 is 0 Å². The highest BCUT2D eigenvalue weighted by Crippen LogP contribution is 2.51. The summed E-state index contributed by atoms with van der Waals surface area (Å²) in [4.78, 5) is 7.57. The number of nitrogens with zero attached hydrogens (tertiary/aromatic N) is 3. The molecule has 0 atom stereocenters. The number of rotatable bonds is 5. The Kier molecular flexibility index (Phi) is 9.16. The van der Waals surface area contributed by atoms with Crippen molar-refractivity contribution in [3.63, 3.8) is 0 Å². The van der Waals surface area contributed by atoms with Gasteiger partial charge in [0.15, 0.2) is 0 Å². The first-order valence-electron chi connectivity index (χ1n) is 21.7. The van der Waals surface area contributed by atoms with Crippen molar-refractivity contribution in [1.29, 1.82) is 0 Å². The highest BCUT2D eigenvalue weighted by atomic mass is 32.1. The fourth-order valence-electron chi connectivity index (χ4n) is 9.37. The smallest absolute Gasteiger partial charge is 0.264 e. The van der Waals surface area contributed by atoms with Gasteiger partial charge in [0, 0.05) is 54.7 Å². The molecule has 0 spiro atoms. The van der Waals surface area contributed by atoms with Crippen molar-refractivity contribution in [2.75, 3.05) is 14.7 Å². The zero-order chi connectivity index (χ0) is 42.4. The fraction of sp³-hybridized carbons (Fsp3) is 0.214. The molecular weight excluding hydrogens is 758 g/mol. The molecule has 3 heterocycles. The summed E-state index contributed by atoms with van der Waals surface area (Å²) in [6.07, 6.45) is 0. The maximum atomic E-state index is 2.61. The Morgan fingerprint density at radius 2 is 0.934 bits per heavy atom. The van der Waals surface area contributed by atoms with Crippen LogP contribution in [-0.4, -0.2) is 6.71 Å². The molecule has 0 saturated heterocycles. The summed E-state index contributed by atoms with van der Waals surface area (Å²) in [6.45, 7) is 20.9. The van der Waals surface area contributed by atoms with E-state index in [0.717, 1.165) is 22.7 Å². The van der Waals surface area contributed by atoms with Gasteiger partial charge in [-0.3, -0.25) is 0 Å². The Bertz CT molecular complexity index is 2880. The van der Waals surface area contributed by atoms with E-state index in [1.54, 1.807) is 0 Å². The number of anilines is 9. The minimum Gasteiger partial charge on any atom is -0.311 e. The lowest BCUT2D eigenvalue weighted by molar-refractivity contribution is 0.590. The summed E-state index contributed by atoms with van der Waals surface area (Å²) in [5.74, 6) is 0. The van der Waals surface area contributed by atoms with Gasteiger partial charge in [-0.2, -0.15) is 0 Å². The SMILES string of the molecule is CC(C)(C)c1ccc(N2c3cc(N(c4ccccc4)c4ccccc4)cc4c3B(c3cc(C(C)(C)C)ccc3N4c3ccccc3)c3sc4ccc(C(C)(C)C)cc4c32)cc1. The highest BCUT2D eigenvalue weighted by Gasteiger charge is 2.46. The van der Waals surface area contributed by atoms with Gasteiger partial charge in [-0.1, -0.05) is 147 Å². The van der Waals surface area contributed by atoms with Crippen LogP contribution in [0.1, 0.15) is 79.0 Å². The van der Waals surface area contributed by atoms with Crippen LogP contribution in [0.3, 0.4) is 0 Å². The Morgan fingerprint density at radius 3 is 1.51 bits per heavy atom. The second-order valence-corrected chi connectivity index (χ2v) is 21.0. The molecule has 8 aromatic rings. The van der Waals surface area contributed by atoms with Crippen molar-refractivity contribution in [1.82, 2.24) is 0 Å². The van der Waals surface area contributed by atoms with Crippen LogP contribution >= 0.6 is 11.3 Å². The Morgan fingerprint density at radius 1 is 0.443 bits per heavy atom. The average Bonchev–Trinajstić information content (AvgIpc) is 3.62. The van der Waals surface area contributed by atoms with E-state index in [1.165, 1.54) is 70.9 Å². The van der Waals surface area contributed by atoms with Crippen LogP contribution in [0.2, 0.25) is 0 Å². The van der Waals surface area contributed by atoms with Crippen LogP contribution in [0, 0.1) is 0 Å². The molecule has 5 heteroatoms. The van der Waals surface area contributed by atoms with Gasteiger partial charge in [-0.05, 0) is 123 Å². The van der Waals surface area contributed by atoms with Gasteiger partial charge < -0.3 is 14.7 Å². The van der Waals surface area contributed by atoms with E-state index in [9.17, 15) is 0 Å². The molecule has 0 bridgehead atoms. The normalized spacial score (nSPS) is 13.6. The number of fused-ring (bicyclic) bond motifs is 6. The molecule has 1 aromatic heterocycles. The second kappa shape index (κ2) is 14.3. The lowest BCUT2D eigenvalue weighted by Crippen LogP contribution is -2.60. The van der Waals surface area contributed by atoms with Crippen LogP contribution < -0.4 is 30.4 Å². The van der Waals surface area contributed by atoms with E-state index in [4.69, 9.17) is 0 Å². The summed E-state index contributed by atoms with van der Waals surface area (Å²) in [5, 5.41) is 1.31. The van der Waals surface area contributed by atoms with Crippen LogP contribution in [-0.2, 0) is 16.2 Å². The number of hydrogen-bond donors (Lipinski definition) is 0. The zero-order valence-corrected chi connectivity index (χ0v) is 37.7. The minimum absolute atomic E-state index is 0.00376. The van der Waals surface area contributed by atoms with E-state index in [0.29, 0.717) is 0 Å². The van der Waals surface area contributed by atoms with E-state index in [2.05, 4.69) is 241 Å². The molecule has 3 nitrogen and oxygen atoms in total. The van der Waals surface area contributed by atoms with Gasteiger partial charge in [0.25, 0.3) is 6.71 Å². The van der Waals surface area contributed by atoms with Gasteiger partial charge in [-0.15, -0.1) is 11.3 Å². The third-order valence-electron chi connectivity index (χ3n) is 12.7. The Hall–Kier alpha value is -6.04. The van der Waals surface area contributed by atoms with Gasteiger partial charge in [0.1, 0.15) is 0 Å². The summed E-state index contributed by atoms with van der Waals surface area (Å²) < 4.78 is 2.71. The predicted octanol–water partition coefficient (Wildman–Crippen LogP) is 14.3. The molecule has 0 saturated carbocycles. The summed E-state index contributed by atoms with van der Waals surface area (Å²) in [7, 11) is 0. The number of hydrogen-bond acceptors (Lipinski definition) is 4. The number of thiophene rings is 1. The van der Waals surface area contributed by atoms with Gasteiger partial charge in [-0.25, -0.2) is 0 Å². The summed E-state index contributed by atoms with van der Waals surface area (Å²) in [6, 6.07) is 61.5. The molecule has 10 rings (SSSR count). The van der Waals surface area contributed by atoms with Crippen molar-refractivity contribution >= 4 is 95.0 Å². The predicted molar refractivity (Wildman–Crippen MR) is 267 cm³/mol. The third kappa shape index (κ3) is 6.66. The lowest BCUT2D eigenvalue weighted by Gasteiger charge is -2.44. The molecule has 302 valence electrons. The summed E-state index contributed by atoms with van der Waals surface area (Å²) >= 11 is 1.97. The molecule has 0 radical (unpaired) electrons. The number of para-hydroxylation sites is 3. The maximum Gasteiger partial charge on any atom is 0.264 e. The van der Waals surface area contributed by atoms with Crippen molar-refractivity contribution in [2.24, 2.45) is 0 Å². The largest absolute Gasteiger partial charge is 0.311 e. The van der Waals surface area contributed by atoms with Crippen molar-refractivity contribution in [3.8, 4) is 0 Å². The fourth-order valence-corrected chi connectivity index (χ4v) is 10.7. The van der Waals surface area contributed by atoms with E-state index in [1.807, 2.05) is 11.3 Å². The molecular formula is C56H54BN3S. The molecule has 2 aliphatic rings. The van der Waals surface area contributed by atoms with E-state index in [-0.39, 0.29) is 23.0 Å². The topological polar surface area (TPSA) is 9.72 Å². The van der Waals surface area contributed by atoms with Crippen LogP contribution in [0.4, 0.5) is 51.2 Å². The zero-order valence-electron chi connectivity index (χ0n) is 36.9. The monoisotopic (exact) mass is 811 g/mol. The van der Waals surface area contributed by atoms with Crippen LogP contribution in [0.15, 0.2) is 164 Å². The Balaban J connectivity index is 1.37. The van der Waals surface area contributed by atoms with E-state index >= 15 is 0 Å².